The fraction of sp³-hybridized carbons (Fsp3) is 0.350. The molecule has 1 N–H and O–H groups in total. The predicted octanol–water partition coefficient (Wildman–Crippen LogP) is 3.31. The summed E-state index contributed by atoms with van der Waals surface area (Å²) < 4.78 is 40.0. The van der Waals surface area contributed by atoms with Gasteiger partial charge in [-0.1, -0.05) is 24.3 Å². The number of carbonyl (C=O) groups excluding carboxylic acids is 1. The highest BCUT2D eigenvalue weighted by Gasteiger charge is 2.32. The summed E-state index contributed by atoms with van der Waals surface area (Å²) in [5.74, 6) is -1.10. The van der Waals surface area contributed by atoms with Crippen molar-refractivity contribution in [2.75, 3.05) is 18.4 Å². The normalized spacial score (nSPS) is 18.2. The van der Waals surface area contributed by atoms with E-state index in [9.17, 15) is 17.6 Å². The standard InChI is InChI=1S/C20H23FN2O3S/c1-15-5-2-3-6-17(15)14-27(25,26)23-12-4-7-16(13-23)20(24)22-19-10-8-18(21)9-11-19/h2-3,5-6,8-11,16H,4,7,12-14H2,1H3,(H,22,24)/t16-/m0/s1. The van der Waals surface area contributed by atoms with Crippen LogP contribution in [-0.2, 0) is 20.6 Å². The van der Waals surface area contributed by atoms with Crippen LogP contribution < -0.4 is 5.32 Å². The van der Waals surface area contributed by atoms with Gasteiger partial charge in [0.05, 0.1) is 11.7 Å². The molecule has 3 rings (SSSR count). The smallest absolute Gasteiger partial charge is 0.228 e. The van der Waals surface area contributed by atoms with E-state index in [0.717, 1.165) is 11.1 Å². The summed E-state index contributed by atoms with van der Waals surface area (Å²) >= 11 is 0. The molecule has 1 aliphatic rings. The molecule has 1 fully saturated rings. The fourth-order valence-corrected chi connectivity index (χ4v) is 4.96. The number of hydrogen-bond donors (Lipinski definition) is 1. The highest BCUT2D eigenvalue weighted by atomic mass is 32.2. The largest absolute Gasteiger partial charge is 0.326 e. The Hall–Kier alpha value is -2.25. The Labute approximate surface area is 159 Å². The number of halogens is 1. The molecule has 0 radical (unpaired) electrons. The first kappa shape index (κ1) is 19.5. The summed E-state index contributed by atoms with van der Waals surface area (Å²) in [6.07, 6.45) is 1.26. The lowest BCUT2D eigenvalue weighted by atomic mass is 9.99. The molecule has 0 saturated carbocycles. The quantitative estimate of drug-likeness (QED) is 0.852. The zero-order chi connectivity index (χ0) is 19.4. The van der Waals surface area contributed by atoms with Crippen molar-refractivity contribution in [3.63, 3.8) is 0 Å². The Morgan fingerprint density at radius 3 is 2.59 bits per heavy atom. The summed E-state index contributed by atoms with van der Waals surface area (Å²) in [5.41, 5.74) is 2.21. The van der Waals surface area contributed by atoms with Crippen molar-refractivity contribution in [3.05, 3.63) is 65.5 Å². The summed E-state index contributed by atoms with van der Waals surface area (Å²) in [4.78, 5) is 12.5. The maximum absolute atomic E-state index is 13.0. The molecule has 1 atom stereocenters. The number of nitrogens with zero attached hydrogens (tertiary/aromatic N) is 1. The molecule has 0 spiro atoms. The summed E-state index contributed by atoms with van der Waals surface area (Å²) in [6, 6.07) is 12.9. The molecule has 0 aromatic heterocycles. The van der Waals surface area contributed by atoms with Crippen LogP contribution in [0, 0.1) is 18.7 Å². The van der Waals surface area contributed by atoms with Gasteiger partial charge in [-0.25, -0.2) is 17.1 Å². The summed E-state index contributed by atoms with van der Waals surface area (Å²) in [5, 5.41) is 2.74. The van der Waals surface area contributed by atoms with E-state index >= 15 is 0 Å². The molecule has 1 aliphatic heterocycles. The van der Waals surface area contributed by atoms with Gasteiger partial charge in [0.25, 0.3) is 0 Å². The number of rotatable bonds is 5. The van der Waals surface area contributed by atoms with Gasteiger partial charge in [-0.05, 0) is 55.2 Å². The molecular weight excluding hydrogens is 367 g/mol. The molecule has 7 heteroatoms. The van der Waals surface area contributed by atoms with Crippen LogP contribution >= 0.6 is 0 Å². The third-order valence-electron chi connectivity index (χ3n) is 4.86. The van der Waals surface area contributed by atoms with Gasteiger partial charge in [-0.2, -0.15) is 0 Å². The minimum absolute atomic E-state index is 0.0635. The van der Waals surface area contributed by atoms with Gasteiger partial charge in [-0.15, -0.1) is 0 Å². The van der Waals surface area contributed by atoms with Gasteiger partial charge in [0.2, 0.25) is 15.9 Å². The second-order valence-corrected chi connectivity index (χ2v) is 8.84. The number of carbonyl (C=O) groups is 1. The number of amides is 1. The van der Waals surface area contributed by atoms with E-state index in [1.807, 2.05) is 31.2 Å². The number of piperidine rings is 1. The summed E-state index contributed by atoms with van der Waals surface area (Å²) in [7, 11) is -3.50. The molecule has 144 valence electrons. The topological polar surface area (TPSA) is 66.5 Å². The van der Waals surface area contributed by atoms with Crippen molar-refractivity contribution in [2.24, 2.45) is 5.92 Å². The molecule has 0 aliphatic carbocycles. The Morgan fingerprint density at radius 2 is 1.89 bits per heavy atom. The Morgan fingerprint density at radius 1 is 1.19 bits per heavy atom. The highest BCUT2D eigenvalue weighted by Crippen LogP contribution is 2.23. The van der Waals surface area contributed by atoms with Gasteiger partial charge >= 0.3 is 0 Å². The SMILES string of the molecule is Cc1ccccc1CS(=O)(=O)N1CCC[C@H](C(=O)Nc2ccc(F)cc2)C1. The van der Waals surface area contributed by atoms with E-state index in [1.165, 1.54) is 28.6 Å². The first-order valence-electron chi connectivity index (χ1n) is 8.94. The second kappa shape index (κ2) is 8.19. The van der Waals surface area contributed by atoms with Crippen molar-refractivity contribution < 1.29 is 17.6 Å². The van der Waals surface area contributed by atoms with Gasteiger partial charge in [-0.3, -0.25) is 4.79 Å². The second-order valence-electron chi connectivity index (χ2n) is 6.88. The lowest BCUT2D eigenvalue weighted by Crippen LogP contribution is -2.44. The van der Waals surface area contributed by atoms with Crippen LogP contribution in [0.5, 0.6) is 0 Å². The maximum Gasteiger partial charge on any atom is 0.228 e. The van der Waals surface area contributed by atoms with Gasteiger partial charge in [0, 0.05) is 18.8 Å². The highest BCUT2D eigenvalue weighted by molar-refractivity contribution is 7.88. The molecule has 0 bridgehead atoms. The maximum atomic E-state index is 13.0. The number of hydrogen-bond acceptors (Lipinski definition) is 3. The van der Waals surface area contributed by atoms with Crippen molar-refractivity contribution in [3.8, 4) is 0 Å². The molecule has 1 saturated heterocycles. The molecule has 0 unspecified atom stereocenters. The van der Waals surface area contributed by atoms with Gasteiger partial charge in [0.15, 0.2) is 0 Å². The lowest BCUT2D eigenvalue weighted by Gasteiger charge is -2.31. The number of anilines is 1. The zero-order valence-corrected chi connectivity index (χ0v) is 16.0. The van der Waals surface area contributed by atoms with Crippen LogP contribution in [-0.4, -0.2) is 31.7 Å². The number of benzene rings is 2. The van der Waals surface area contributed by atoms with E-state index in [1.54, 1.807) is 0 Å². The molecule has 27 heavy (non-hydrogen) atoms. The third kappa shape index (κ3) is 4.93. The van der Waals surface area contributed by atoms with E-state index < -0.39 is 15.9 Å². The molecule has 1 amide bonds. The average molecular weight is 390 g/mol. The number of nitrogens with one attached hydrogen (secondary N) is 1. The van der Waals surface area contributed by atoms with Crippen LogP contribution in [0.3, 0.4) is 0 Å². The lowest BCUT2D eigenvalue weighted by molar-refractivity contribution is -0.120. The summed E-state index contributed by atoms with van der Waals surface area (Å²) in [6.45, 7) is 2.48. The van der Waals surface area contributed by atoms with E-state index in [2.05, 4.69) is 5.32 Å². The van der Waals surface area contributed by atoms with Crippen molar-refractivity contribution >= 4 is 21.6 Å². The minimum atomic E-state index is -3.50. The molecule has 2 aromatic rings. The van der Waals surface area contributed by atoms with Crippen molar-refractivity contribution in [1.29, 1.82) is 0 Å². The number of sulfonamides is 1. The van der Waals surface area contributed by atoms with Gasteiger partial charge in [0.1, 0.15) is 5.82 Å². The van der Waals surface area contributed by atoms with Crippen molar-refractivity contribution in [2.45, 2.75) is 25.5 Å². The van der Waals surface area contributed by atoms with Crippen LogP contribution in [0.1, 0.15) is 24.0 Å². The van der Waals surface area contributed by atoms with E-state index in [-0.39, 0.29) is 24.0 Å². The van der Waals surface area contributed by atoms with Crippen LogP contribution in [0.15, 0.2) is 48.5 Å². The van der Waals surface area contributed by atoms with Crippen LogP contribution in [0.25, 0.3) is 0 Å². The Bertz CT molecular complexity index is 913. The third-order valence-corrected chi connectivity index (χ3v) is 6.65. The van der Waals surface area contributed by atoms with E-state index in [0.29, 0.717) is 25.1 Å². The zero-order valence-electron chi connectivity index (χ0n) is 15.2. The molecule has 1 heterocycles. The Balaban J connectivity index is 1.66. The van der Waals surface area contributed by atoms with Crippen molar-refractivity contribution in [1.82, 2.24) is 4.31 Å². The van der Waals surface area contributed by atoms with E-state index in [4.69, 9.17) is 0 Å². The minimum Gasteiger partial charge on any atom is -0.326 e. The monoisotopic (exact) mass is 390 g/mol. The van der Waals surface area contributed by atoms with Crippen LogP contribution in [0.4, 0.5) is 10.1 Å². The fourth-order valence-electron chi connectivity index (χ4n) is 3.25. The predicted molar refractivity (Wildman–Crippen MR) is 103 cm³/mol. The Kier molecular flexibility index (Phi) is 5.92. The number of aryl methyl sites for hydroxylation is 1. The van der Waals surface area contributed by atoms with Gasteiger partial charge < -0.3 is 5.32 Å². The first-order chi connectivity index (χ1) is 12.8. The molecule has 5 nitrogen and oxygen atoms in total. The molecule has 2 aromatic carbocycles. The molecular formula is C20H23FN2O3S. The average Bonchev–Trinajstić information content (AvgIpc) is 2.65. The first-order valence-corrected chi connectivity index (χ1v) is 10.5. The van der Waals surface area contributed by atoms with Crippen LogP contribution in [0.2, 0.25) is 0 Å².